The summed E-state index contributed by atoms with van der Waals surface area (Å²) in [6.07, 6.45) is 13.0. The van der Waals surface area contributed by atoms with Crippen molar-refractivity contribution in [3.05, 3.63) is 58.9 Å². The quantitative estimate of drug-likeness (QED) is 0.121. The molecule has 0 bridgehead atoms. The van der Waals surface area contributed by atoms with Gasteiger partial charge in [-0.1, -0.05) is 6.07 Å². The molecule has 0 spiro atoms. The third kappa shape index (κ3) is 8.28. The monoisotopic (exact) mass is 670 g/mol. The molecule has 6 rings (SSSR count). The maximum atomic E-state index is 9.59. The Kier molecular flexibility index (Phi) is 10.8. The van der Waals surface area contributed by atoms with Gasteiger partial charge in [0.2, 0.25) is 5.95 Å². The molecule has 0 unspecified atom stereocenters. The van der Waals surface area contributed by atoms with Gasteiger partial charge < -0.3 is 24.8 Å². The first-order chi connectivity index (χ1) is 23.4. The molecular formula is C34H42N10O3S. The highest BCUT2D eigenvalue weighted by molar-refractivity contribution is 7.09. The Labute approximate surface area is 284 Å². The van der Waals surface area contributed by atoms with E-state index in [1.54, 1.807) is 36.0 Å². The van der Waals surface area contributed by atoms with Gasteiger partial charge in [0.25, 0.3) is 5.88 Å². The molecule has 1 saturated carbocycles. The van der Waals surface area contributed by atoms with E-state index < -0.39 is 0 Å². The van der Waals surface area contributed by atoms with Crippen LogP contribution in [0.1, 0.15) is 63.1 Å². The average molecular weight is 671 g/mol. The maximum Gasteiger partial charge on any atom is 0.257 e. The van der Waals surface area contributed by atoms with E-state index in [4.69, 9.17) is 24.7 Å². The third-order valence-electron chi connectivity index (χ3n) is 8.69. The summed E-state index contributed by atoms with van der Waals surface area (Å²) in [5.41, 5.74) is 2.72. The molecule has 3 N–H and O–H groups in total. The molecule has 4 aromatic rings. The number of nitriles is 1. The first kappa shape index (κ1) is 33.3. The van der Waals surface area contributed by atoms with Gasteiger partial charge in [0, 0.05) is 48.7 Å². The Bertz CT molecular complexity index is 1670. The van der Waals surface area contributed by atoms with Gasteiger partial charge in [-0.2, -0.15) is 5.26 Å². The smallest absolute Gasteiger partial charge is 0.257 e. The van der Waals surface area contributed by atoms with Crippen LogP contribution in [0.25, 0.3) is 11.1 Å². The second-order valence-corrected chi connectivity index (χ2v) is 13.4. The average Bonchev–Trinajstić information content (AvgIpc) is 3.76. The Morgan fingerprint density at radius 3 is 2.54 bits per heavy atom. The standard InChI is InChI=1S/C34H42N10O3S/c1-22(14-37-21-36)47-31-12-25(4-5-26(31)13-35)27-15-39-34(40-16-27)41-30-19-44(42-33(30)45-20-32-38-10-11-48-32)29-8-6-28(7-9-29)43-17-23(2)46-24(3)18-43/h4-5,10-12,15-16,19,21-24,28-29H,6-9,14,17-18,20H2,1-3H3,(H2,36,37)(H,39,40,41)/t22-,23-,24+,28?,29?/m0/s1. The van der Waals surface area contributed by atoms with Crippen LogP contribution in [-0.2, 0) is 11.3 Å². The van der Waals surface area contributed by atoms with E-state index in [1.165, 1.54) is 0 Å². The van der Waals surface area contributed by atoms with E-state index in [1.807, 2.05) is 35.3 Å². The Morgan fingerprint density at radius 2 is 1.85 bits per heavy atom. The molecular weight excluding hydrogens is 629 g/mol. The Hall–Kier alpha value is -4.58. The van der Waals surface area contributed by atoms with Crippen LogP contribution < -0.4 is 20.1 Å². The summed E-state index contributed by atoms with van der Waals surface area (Å²) >= 11 is 1.54. The molecule has 0 radical (unpaired) electrons. The number of ether oxygens (including phenoxy) is 3. The van der Waals surface area contributed by atoms with Crippen LogP contribution >= 0.6 is 11.3 Å². The molecule has 1 saturated heterocycles. The number of anilines is 2. The van der Waals surface area contributed by atoms with Gasteiger partial charge in [0.15, 0.2) is 0 Å². The highest BCUT2D eigenvalue weighted by Crippen LogP contribution is 2.36. The van der Waals surface area contributed by atoms with Crippen molar-refractivity contribution in [3.63, 3.8) is 0 Å². The molecule has 252 valence electrons. The number of nitrogens with zero attached hydrogens (tertiary/aromatic N) is 7. The molecule has 1 aliphatic carbocycles. The van der Waals surface area contributed by atoms with Gasteiger partial charge >= 0.3 is 0 Å². The van der Waals surface area contributed by atoms with Gasteiger partial charge in [0.05, 0.1) is 42.9 Å². The Balaban J connectivity index is 1.15. The first-order valence-corrected chi connectivity index (χ1v) is 17.3. The molecule has 2 aliphatic rings. The van der Waals surface area contributed by atoms with Crippen LogP contribution in [0.2, 0.25) is 0 Å². The summed E-state index contributed by atoms with van der Waals surface area (Å²) < 4.78 is 20.2. The largest absolute Gasteiger partial charge is 0.487 e. The minimum atomic E-state index is -0.239. The van der Waals surface area contributed by atoms with Crippen molar-refractivity contribution in [1.29, 1.82) is 10.7 Å². The Morgan fingerprint density at radius 1 is 1.10 bits per heavy atom. The fraction of sp³-hybridized carbons (Fsp3) is 0.471. The maximum absolute atomic E-state index is 9.59. The summed E-state index contributed by atoms with van der Waals surface area (Å²) in [7, 11) is 0. The summed E-state index contributed by atoms with van der Waals surface area (Å²) in [6.45, 7) is 8.96. The van der Waals surface area contributed by atoms with Crippen LogP contribution in [0.4, 0.5) is 11.6 Å². The molecule has 3 aromatic heterocycles. The predicted molar refractivity (Wildman–Crippen MR) is 184 cm³/mol. The number of hydrogen-bond donors (Lipinski definition) is 3. The number of aromatic nitrogens is 5. The molecule has 4 heterocycles. The van der Waals surface area contributed by atoms with Crippen LogP contribution in [-0.4, -0.2) is 80.0 Å². The molecule has 0 amide bonds. The second kappa shape index (κ2) is 15.5. The minimum absolute atomic E-state index is 0.239. The van der Waals surface area contributed by atoms with Crippen molar-refractivity contribution in [2.45, 2.75) is 83.5 Å². The SMILES string of the molecule is C[C@@H]1CN(C2CCC(n3cc(Nc4ncc(-c5ccc(C#N)c(O[C@@H](C)CNC=N)c5)cn4)c(OCc4nccs4)n3)CC2)C[C@H](C)O1. The van der Waals surface area contributed by atoms with Gasteiger partial charge in [-0.25, -0.2) is 15.0 Å². The number of nitrogens with one attached hydrogen (secondary N) is 3. The number of benzene rings is 1. The fourth-order valence-corrected chi connectivity index (χ4v) is 6.98. The second-order valence-electron chi connectivity index (χ2n) is 12.4. The van der Waals surface area contributed by atoms with Crippen LogP contribution in [0.15, 0.2) is 48.4 Å². The highest BCUT2D eigenvalue weighted by Gasteiger charge is 2.32. The molecule has 2 fully saturated rings. The number of morpholine rings is 1. The highest BCUT2D eigenvalue weighted by atomic mass is 32.1. The van der Waals surface area contributed by atoms with E-state index in [2.05, 4.69) is 50.4 Å². The fourth-order valence-electron chi connectivity index (χ4n) is 6.45. The van der Waals surface area contributed by atoms with E-state index in [9.17, 15) is 5.26 Å². The van der Waals surface area contributed by atoms with E-state index in [0.717, 1.165) is 61.2 Å². The number of hydrogen-bond acceptors (Lipinski definition) is 12. The van der Waals surface area contributed by atoms with E-state index >= 15 is 0 Å². The van der Waals surface area contributed by atoms with Crippen LogP contribution in [0, 0.1) is 16.7 Å². The summed E-state index contributed by atoms with van der Waals surface area (Å²) in [4.78, 5) is 16.1. The predicted octanol–water partition coefficient (Wildman–Crippen LogP) is 5.55. The number of thiazole rings is 1. The van der Waals surface area contributed by atoms with Crippen molar-refractivity contribution < 1.29 is 14.2 Å². The van der Waals surface area contributed by atoms with Gasteiger partial charge in [-0.05, 0) is 64.2 Å². The van der Waals surface area contributed by atoms with Crippen molar-refractivity contribution in [2.75, 3.05) is 25.0 Å². The van der Waals surface area contributed by atoms with Crippen LogP contribution in [0.5, 0.6) is 11.6 Å². The van der Waals surface area contributed by atoms with Gasteiger partial charge in [-0.15, -0.1) is 16.4 Å². The lowest BCUT2D eigenvalue weighted by atomic mass is 9.89. The van der Waals surface area contributed by atoms with E-state index in [0.29, 0.717) is 48.0 Å². The molecule has 14 heteroatoms. The topological polar surface area (TPSA) is 159 Å². The summed E-state index contributed by atoms with van der Waals surface area (Å²) in [5, 5.41) is 30.6. The third-order valence-corrected chi connectivity index (χ3v) is 9.44. The lowest BCUT2D eigenvalue weighted by Gasteiger charge is -2.42. The lowest BCUT2D eigenvalue weighted by Crippen LogP contribution is -2.51. The zero-order valence-electron chi connectivity index (χ0n) is 27.5. The first-order valence-electron chi connectivity index (χ1n) is 16.4. The van der Waals surface area contributed by atoms with Gasteiger partial charge in [-0.3, -0.25) is 15.0 Å². The zero-order valence-corrected chi connectivity index (χ0v) is 28.3. The summed E-state index contributed by atoms with van der Waals surface area (Å²) in [5.74, 6) is 1.36. The molecule has 13 nitrogen and oxygen atoms in total. The summed E-state index contributed by atoms with van der Waals surface area (Å²) in [6, 6.07) is 8.41. The normalized spacial score (nSPS) is 22.0. The molecule has 3 atom stereocenters. The number of rotatable bonds is 13. The molecule has 48 heavy (non-hydrogen) atoms. The van der Waals surface area contributed by atoms with E-state index in [-0.39, 0.29) is 24.4 Å². The van der Waals surface area contributed by atoms with Crippen molar-refractivity contribution in [3.8, 4) is 28.8 Å². The van der Waals surface area contributed by atoms with Crippen molar-refractivity contribution in [2.24, 2.45) is 0 Å². The minimum Gasteiger partial charge on any atom is -0.487 e. The van der Waals surface area contributed by atoms with Crippen molar-refractivity contribution in [1.82, 2.24) is 34.9 Å². The molecule has 1 aliphatic heterocycles. The van der Waals surface area contributed by atoms with Crippen LogP contribution in [0.3, 0.4) is 0 Å². The van der Waals surface area contributed by atoms with Crippen molar-refractivity contribution >= 4 is 29.3 Å². The lowest BCUT2D eigenvalue weighted by molar-refractivity contribution is -0.0852. The zero-order chi connectivity index (χ0) is 33.5. The molecule has 1 aromatic carbocycles. The van der Waals surface area contributed by atoms with Gasteiger partial charge in [0.1, 0.15) is 35.2 Å².